The van der Waals surface area contributed by atoms with Crippen LogP contribution < -0.4 is 5.32 Å². The van der Waals surface area contributed by atoms with E-state index >= 15 is 0 Å². The monoisotopic (exact) mass is 400 g/mol. The molecule has 146 valence electrons. The summed E-state index contributed by atoms with van der Waals surface area (Å²) in [6.45, 7) is 5.09. The molecule has 0 saturated heterocycles. The molecule has 1 heterocycles. The van der Waals surface area contributed by atoms with Crippen LogP contribution in [0.2, 0.25) is 5.02 Å². The van der Waals surface area contributed by atoms with Crippen LogP contribution in [0.3, 0.4) is 0 Å². The molecule has 6 nitrogen and oxygen atoms in total. The first-order valence-corrected chi connectivity index (χ1v) is 9.21. The number of amides is 3. The normalized spacial score (nSPS) is 13.6. The number of carbonyl (C=O) groups excluding carboxylic acids is 3. The van der Waals surface area contributed by atoms with Gasteiger partial charge in [0.25, 0.3) is 11.8 Å². The predicted molar refractivity (Wildman–Crippen MR) is 107 cm³/mol. The van der Waals surface area contributed by atoms with Crippen LogP contribution in [0.5, 0.6) is 0 Å². The van der Waals surface area contributed by atoms with Gasteiger partial charge in [0, 0.05) is 10.7 Å². The zero-order valence-electron chi connectivity index (χ0n) is 15.9. The Labute approximate surface area is 168 Å². The van der Waals surface area contributed by atoms with Crippen molar-refractivity contribution in [3.05, 3.63) is 64.2 Å². The number of rotatable bonds is 6. The number of nitrogens with zero attached hydrogens (tertiary/aromatic N) is 1. The minimum absolute atomic E-state index is 0.0282. The van der Waals surface area contributed by atoms with Crippen LogP contribution in [0.1, 0.15) is 40.1 Å². The quantitative estimate of drug-likeness (QED) is 0.750. The third-order valence-corrected chi connectivity index (χ3v) is 5.04. The summed E-state index contributed by atoms with van der Waals surface area (Å²) in [5.74, 6) is -1.05. The van der Waals surface area contributed by atoms with Crippen LogP contribution in [0, 0.1) is 6.92 Å². The Morgan fingerprint density at radius 3 is 2.29 bits per heavy atom. The molecule has 2 aromatic carbocycles. The third kappa shape index (κ3) is 3.79. The van der Waals surface area contributed by atoms with Crippen molar-refractivity contribution >= 4 is 35.0 Å². The molecule has 3 amide bonds. The van der Waals surface area contributed by atoms with Crippen LogP contribution in [-0.4, -0.2) is 41.4 Å². The van der Waals surface area contributed by atoms with Crippen molar-refractivity contribution in [1.29, 1.82) is 0 Å². The number of carbonyl (C=O) groups is 3. The standard InChI is InChI=1S/C21H21ClN2O4/c1-13-16(22)9-6-10-17(13)23-18(25)11-28-12-21(2,3)24-19(26)14-7-4-5-8-15(14)20(24)27/h4-10H,11-12H2,1-3H3,(H,23,25). The lowest BCUT2D eigenvalue weighted by atomic mass is 10.0. The third-order valence-electron chi connectivity index (χ3n) is 4.63. The number of anilines is 1. The Balaban J connectivity index is 1.60. The van der Waals surface area contributed by atoms with E-state index in [1.807, 2.05) is 6.92 Å². The van der Waals surface area contributed by atoms with Gasteiger partial charge in [0.15, 0.2) is 0 Å². The zero-order chi connectivity index (χ0) is 20.5. The van der Waals surface area contributed by atoms with E-state index in [2.05, 4.69) is 5.32 Å². The molecule has 0 radical (unpaired) electrons. The number of fused-ring (bicyclic) bond motifs is 1. The summed E-state index contributed by atoms with van der Waals surface area (Å²) in [4.78, 5) is 38.6. The fraction of sp³-hybridized carbons (Fsp3) is 0.286. The highest BCUT2D eigenvalue weighted by Gasteiger charge is 2.44. The van der Waals surface area contributed by atoms with Gasteiger partial charge in [0.05, 0.1) is 23.3 Å². The molecule has 28 heavy (non-hydrogen) atoms. The van der Waals surface area contributed by atoms with Crippen LogP contribution in [0.25, 0.3) is 0 Å². The second kappa shape index (κ2) is 7.73. The Morgan fingerprint density at radius 2 is 1.68 bits per heavy atom. The van der Waals surface area contributed by atoms with Crippen LogP contribution in [0.15, 0.2) is 42.5 Å². The Bertz CT molecular complexity index is 920. The average molecular weight is 401 g/mol. The summed E-state index contributed by atoms with van der Waals surface area (Å²) in [6, 6.07) is 11.9. The van der Waals surface area contributed by atoms with Crippen molar-refractivity contribution in [2.24, 2.45) is 0 Å². The summed E-state index contributed by atoms with van der Waals surface area (Å²) in [5.41, 5.74) is 1.24. The molecule has 0 saturated carbocycles. The number of halogens is 1. The fourth-order valence-electron chi connectivity index (χ4n) is 3.13. The van der Waals surface area contributed by atoms with Gasteiger partial charge in [-0.15, -0.1) is 0 Å². The molecule has 0 spiro atoms. The molecule has 2 aromatic rings. The van der Waals surface area contributed by atoms with Crippen LogP contribution in [0.4, 0.5) is 5.69 Å². The van der Waals surface area contributed by atoms with Gasteiger partial charge >= 0.3 is 0 Å². The Kier molecular flexibility index (Phi) is 5.54. The first-order valence-electron chi connectivity index (χ1n) is 8.83. The smallest absolute Gasteiger partial charge is 0.262 e. The second-order valence-corrected chi connectivity index (χ2v) is 7.66. The molecule has 0 aliphatic carbocycles. The van der Waals surface area contributed by atoms with E-state index in [0.717, 1.165) is 5.56 Å². The number of imide groups is 1. The maximum absolute atomic E-state index is 12.6. The van der Waals surface area contributed by atoms with Crippen molar-refractivity contribution in [1.82, 2.24) is 4.90 Å². The van der Waals surface area contributed by atoms with Crippen molar-refractivity contribution in [2.45, 2.75) is 26.3 Å². The van der Waals surface area contributed by atoms with Gasteiger partial charge in [-0.2, -0.15) is 0 Å². The molecule has 1 aliphatic rings. The zero-order valence-corrected chi connectivity index (χ0v) is 16.7. The molecule has 1 N–H and O–H groups in total. The van der Waals surface area contributed by atoms with E-state index in [4.69, 9.17) is 16.3 Å². The lowest BCUT2D eigenvalue weighted by Gasteiger charge is -2.33. The first-order chi connectivity index (χ1) is 13.2. The minimum atomic E-state index is -0.903. The fourth-order valence-corrected chi connectivity index (χ4v) is 3.30. The van der Waals surface area contributed by atoms with E-state index in [9.17, 15) is 14.4 Å². The Hall–Kier alpha value is -2.70. The molecular weight excluding hydrogens is 380 g/mol. The van der Waals surface area contributed by atoms with Crippen molar-refractivity contribution in [3.8, 4) is 0 Å². The molecule has 3 rings (SSSR count). The largest absolute Gasteiger partial charge is 0.369 e. The Morgan fingerprint density at radius 1 is 1.07 bits per heavy atom. The first kappa shape index (κ1) is 20.0. The highest BCUT2D eigenvalue weighted by atomic mass is 35.5. The van der Waals surface area contributed by atoms with Gasteiger partial charge in [0.2, 0.25) is 5.91 Å². The number of nitrogens with one attached hydrogen (secondary N) is 1. The van der Waals surface area contributed by atoms with Crippen LogP contribution >= 0.6 is 11.6 Å². The highest BCUT2D eigenvalue weighted by Crippen LogP contribution is 2.29. The molecule has 0 fully saturated rings. The predicted octanol–water partition coefficient (Wildman–Crippen LogP) is 3.68. The van der Waals surface area contributed by atoms with Gasteiger partial charge in [-0.25, -0.2) is 0 Å². The molecular formula is C21H21ClN2O4. The van der Waals surface area contributed by atoms with Crippen molar-refractivity contribution < 1.29 is 19.1 Å². The molecule has 0 unspecified atom stereocenters. The van der Waals surface area contributed by atoms with Gasteiger partial charge in [-0.05, 0) is 50.6 Å². The molecule has 1 aliphatic heterocycles. The SMILES string of the molecule is Cc1c(Cl)cccc1NC(=O)COCC(C)(C)N1C(=O)c2ccccc2C1=O. The summed E-state index contributed by atoms with van der Waals surface area (Å²) < 4.78 is 5.52. The highest BCUT2D eigenvalue weighted by molar-refractivity contribution is 6.31. The summed E-state index contributed by atoms with van der Waals surface area (Å²) in [7, 11) is 0. The lowest BCUT2D eigenvalue weighted by Crippen LogP contribution is -2.50. The lowest BCUT2D eigenvalue weighted by molar-refractivity contribution is -0.121. The average Bonchev–Trinajstić information content (AvgIpc) is 2.90. The summed E-state index contributed by atoms with van der Waals surface area (Å²) in [5, 5.41) is 3.30. The van der Waals surface area contributed by atoms with Gasteiger partial charge in [-0.3, -0.25) is 19.3 Å². The summed E-state index contributed by atoms with van der Waals surface area (Å²) in [6.07, 6.45) is 0. The maximum atomic E-state index is 12.6. The van der Waals surface area contributed by atoms with E-state index in [-0.39, 0.29) is 30.9 Å². The number of benzene rings is 2. The van der Waals surface area contributed by atoms with E-state index in [1.165, 1.54) is 4.90 Å². The van der Waals surface area contributed by atoms with Crippen molar-refractivity contribution in [3.63, 3.8) is 0 Å². The summed E-state index contributed by atoms with van der Waals surface area (Å²) >= 11 is 6.05. The van der Waals surface area contributed by atoms with Crippen molar-refractivity contribution in [2.75, 3.05) is 18.5 Å². The van der Waals surface area contributed by atoms with E-state index < -0.39 is 5.54 Å². The molecule has 0 aromatic heterocycles. The van der Waals surface area contributed by atoms with E-state index in [1.54, 1.807) is 56.3 Å². The van der Waals surface area contributed by atoms with E-state index in [0.29, 0.717) is 21.8 Å². The van der Waals surface area contributed by atoms with Crippen LogP contribution in [-0.2, 0) is 9.53 Å². The number of hydrogen-bond donors (Lipinski definition) is 1. The number of hydrogen-bond acceptors (Lipinski definition) is 4. The second-order valence-electron chi connectivity index (χ2n) is 7.26. The minimum Gasteiger partial charge on any atom is -0.369 e. The van der Waals surface area contributed by atoms with Gasteiger partial charge < -0.3 is 10.1 Å². The topological polar surface area (TPSA) is 75.7 Å². The molecule has 0 atom stereocenters. The number of ether oxygens (including phenoxy) is 1. The van der Waals surface area contributed by atoms with Gasteiger partial charge in [0.1, 0.15) is 6.61 Å². The molecule has 0 bridgehead atoms. The maximum Gasteiger partial charge on any atom is 0.262 e. The molecule has 7 heteroatoms. The van der Waals surface area contributed by atoms with Gasteiger partial charge in [-0.1, -0.05) is 29.8 Å².